The van der Waals surface area contributed by atoms with Crippen molar-refractivity contribution in [1.82, 2.24) is 4.57 Å². The third kappa shape index (κ3) is 5.06. The summed E-state index contributed by atoms with van der Waals surface area (Å²) in [6.07, 6.45) is 3.26. The van der Waals surface area contributed by atoms with Crippen molar-refractivity contribution in [3.05, 3.63) is 24.0 Å². The number of carboxylic acids is 1. The Kier molecular flexibility index (Phi) is 5.68. The summed E-state index contributed by atoms with van der Waals surface area (Å²) in [4.78, 5) is 9.00. The van der Waals surface area contributed by atoms with E-state index in [1.807, 2.05) is 0 Å². The molecule has 0 aliphatic heterocycles. The Bertz CT molecular complexity index is 231. The molecule has 0 amide bonds. The molecule has 0 unspecified atom stereocenters. The van der Waals surface area contributed by atoms with E-state index in [-0.39, 0.29) is 0 Å². The molecule has 0 fully saturated rings. The van der Waals surface area contributed by atoms with Crippen LogP contribution in [0.4, 0.5) is 0 Å². The molecule has 0 spiro atoms. The fourth-order valence-corrected chi connectivity index (χ4v) is 1.08. The first kappa shape index (κ1) is 11.8. The maximum atomic E-state index is 9.00. The summed E-state index contributed by atoms with van der Waals surface area (Å²) in [5.74, 6) is -0.833. The largest absolute Gasteiger partial charge is 0.481 e. The van der Waals surface area contributed by atoms with Gasteiger partial charge in [0.05, 0.1) is 0 Å². The minimum Gasteiger partial charge on any atom is -0.481 e. The zero-order chi connectivity index (χ0) is 10.3. The van der Waals surface area contributed by atoms with Crippen LogP contribution in [-0.2, 0) is 17.8 Å². The molecule has 1 rings (SSSR count). The van der Waals surface area contributed by atoms with E-state index in [1.54, 1.807) is 0 Å². The zero-order valence-electron chi connectivity index (χ0n) is 8.45. The van der Waals surface area contributed by atoms with E-state index in [1.165, 1.54) is 5.69 Å². The van der Waals surface area contributed by atoms with Gasteiger partial charge in [0.2, 0.25) is 0 Å². The van der Waals surface area contributed by atoms with Crippen LogP contribution in [0.25, 0.3) is 0 Å². The van der Waals surface area contributed by atoms with E-state index in [9.17, 15) is 0 Å². The maximum absolute atomic E-state index is 9.00. The molecule has 0 aliphatic carbocycles. The topological polar surface area (TPSA) is 42.2 Å². The fourth-order valence-electron chi connectivity index (χ4n) is 1.08. The van der Waals surface area contributed by atoms with Crippen LogP contribution >= 0.6 is 0 Å². The molecule has 3 heteroatoms. The molecule has 0 bridgehead atoms. The predicted molar refractivity (Wildman–Crippen MR) is 52.8 cm³/mol. The minimum atomic E-state index is -0.833. The van der Waals surface area contributed by atoms with E-state index < -0.39 is 5.97 Å². The number of carboxylic acid groups (broad SMARTS) is 1. The molecule has 0 saturated carbocycles. The van der Waals surface area contributed by atoms with Gasteiger partial charge in [0.25, 0.3) is 5.97 Å². The van der Waals surface area contributed by atoms with Gasteiger partial charge in [-0.2, -0.15) is 0 Å². The lowest BCUT2D eigenvalue weighted by Crippen LogP contribution is -1.96. The monoisotopic (exact) mass is 183 g/mol. The minimum absolute atomic E-state index is 0.833. The Morgan fingerprint density at radius 1 is 1.54 bits per heavy atom. The van der Waals surface area contributed by atoms with Gasteiger partial charge in [-0.1, -0.05) is 6.92 Å². The van der Waals surface area contributed by atoms with Gasteiger partial charge in [-0.05, 0) is 25.5 Å². The standard InChI is InChI=1S/C8H13N.C2H4O2/c1-3-8-6-5-7-9(8)4-2;1-2(3)4/h5-7H,3-4H2,1-2H3;1H3,(H,3,4). The number of hydrogen-bond donors (Lipinski definition) is 1. The van der Waals surface area contributed by atoms with Crippen molar-refractivity contribution in [2.24, 2.45) is 0 Å². The van der Waals surface area contributed by atoms with Crippen LogP contribution in [0.1, 0.15) is 26.5 Å². The maximum Gasteiger partial charge on any atom is 0.300 e. The van der Waals surface area contributed by atoms with Crippen LogP contribution in [0, 0.1) is 0 Å². The number of hydrogen-bond acceptors (Lipinski definition) is 1. The van der Waals surface area contributed by atoms with Crippen LogP contribution in [0.2, 0.25) is 0 Å². The molecule has 13 heavy (non-hydrogen) atoms. The van der Waals surface area contributed by atoms with Gasteiger partial charge in [-0.3, -0.25) is 4.79 Å². The summed E-state index contributed by atoms with van der Waals surface area (Å²) >= 11 is 0. The molecule has 1 heterocycles. The first-order chi connectivity index (χ1) is 6.11. The highest BCUT2D eigenvalue weighted by Gasteiger charge is 1.92. The molecule has 0 saturated heterocycles. The van der Waals surface area contributed by atoms with E-state index in [0.29, 0.717) is 0 Å². The quantitative estimate of drug-likeness (QED) is 0.763. The Labute approximate surface area is 79.0 Å². The van der Waals surface area contributed by atoms with Crippen LogP contribution in [0.15, 0.2) is 18.3 Å². The molecule has 0 atom stereocenters. The second-order valence-corrected chi connectivity index (χ2v) is 2.66. The molecular weight excluding hydrogens is 166 g/mol. The van der Waals surface area contributed by atoms with E-state index in [0.717, 1.165) is 19.9 Å². The van der Waals surface area contributed by atoms with Crippen LogP contribution in [0.3, 0.4) is 0 Å². The lowest BCUT2D eigenvalue weighted by Gasteiger charge is -2.01. The SMILES string of the molecule is CC(=O)O.CCc1cccn1CC. The number of nitrogens with zero attached hydrogens (tertiary/aromatic N) is 1. The lowest BCUT2D eigenvalue weighted by molar-refractivity contribution is -0.134. The first-order valence-electron chi connectivity index (χ1n) is 4.45. The predicted octanol–water partition coefficient (Wildman–Crippen LogP) is 2.16. The number of aryl methyl sites for hydroxylation is 2. The number of aromatic nitrogens is 1. The highest BCUT2D eigenvalue weighted by atomic mass is 16.4. The van der Waals surface area contributed by atoms with Crippen LogP contribution in [0.5, 0.6) is 0 Å². The van der Waals surface area contributed by atoms with Crippen molar-refractivity contribution < 1.29 is 9.90 Å². The first-order valence-corrected chi connectivity index (χ1v) is 4.45. The molecule has 0 aliphatic rings. The van der Waals surface area contributed by atoms with Crippen molar-refractivity contribution in [2.75, 3.05) is 0 Å². The molecule has 1 aromatic rings. The summed E-state index contributed by atoms with van der Waals surface area (Å²) in [5, 5.41) is 7.42. The van der Waals surface area contributed by atoms with Gasteiger partial charge in [0, 0.05) is 25.4 Å². The summed E-state index contributed by atoms with van der Waals surface area (Å²) in [5.41, 5.74) is 1.43. The highest BCUT2D eigenvalue weighted by Crippen LogP contribution is 2.01. The lowest BCUT2D eigenvalue weighted by atomic mass is 10.3. The van der Waals surface area contributed by atoms with Gasteiger partial charge < -0.3 is 9.67 Å². The summed E-state index contributed by atoms with van der Waals surface area (Å²) in [6.45, 7) is 6.52. The molecule has 1 aromatic heterocycles. The summed E-state index contributed by atoms with van der Waals surface area (Å²) < 4.78 is 2.26. The number of rotatable bonds is 2. The third-order valence-electron chi connectivity index (χ3n) is 1.63. The van der Waals surface area contributed by atoms with E-state index in [4.69, 9.17) is 9.90 Å². The summed E-state index contributed by atoms with van der Waals surface area (Å²) in [7, 11) is 0. The normalized spacial score (nSPS) is 8.85. The van der Waals surface area contributed by atoms with Gasteiger partial charge in [0.15, 0.2) is 0 Å². The van der Waals surface area contributed by atoms with Crippen molar-refractivity contribution in [3.8, 4) is 0 Å². The average molecular weight is 183 g/mol. The third-order valence-corrected chi connectivity index (χ3v) is 1.63. The Hall–Kier alpha value is -1.25. The number of carbonyl (C=O) groups is 1. The Balaban J connectivity index is 0.000000310. The second kappa shape index (κ2) is 6.29. The van der Waals surface area contributed by atoms with E-state index in [2.05, 4.69) is 36.7 Å². The molecular formula is C10H17NO2. The summed E-state index contributed by atoms with van der Waals surface area (Å²) in [6, 6.07) is 4.27. The molecule has 74 valence electrons. The van der Waals surface area contributed by atoms with Gasteiger partial charge in [-0.25, -0.2) is 0 Å². The molecule has 0 radical (unpaired) electrons. The Morgan fingerprint density at radius 2 is 2.08 bits per heavy atom. The van der Waals surface area contributed by atoms with Crippen molar-refractivity contribution in [3.63, 3.8) is 0 Å². The Morgan fingerprint density at radius 3 is 2.38 bits per heavy atom. The van der Waals surface area contributed by atoms with Crippen molar-refractivity contribution in [2.45, 2.75) is 33.7 Å². The molecule has 3 nitrogen and oxygen atoms in total. The van der Waals surface area contributed by atoms with Gasteiger partial charge in [0.1, 0.15) is 0 Å². The number of aliphatic carboxylic acids is 1. The second-order valence-electron chi connectivity index (χ2n) is 2.66. The molecule has 0 aromatic carbocycles. The van der Waals surface area contributed by atoms with Gasteiger partial charge in [-0.15, -0.1) is 0 Å². The van der Waals surface area contributed by atoms with Crippen molar-refractivity contribution >= 4 is 5.97 Å². The highest BCUT2D eigenvalue weighted by molar-refractivity contribution is 5.62. The zero-order valence-corrected chi connectivity index (χ0v) is 8.45. The fraction of sp³-hybridized carbons (Fsp3) is 0.500. The van der Waals surface area contributed by atoms with Crippen LogP contribution < -0.4 is 0 Å². The average Bonchev–Trinajstić information content (AvgIpc) is 2.49. The van der Waals surface area contributed by atoms with Crippen molar-refractivity contribution in [1.29, 1.82) is 0 Å². The van der Waals surface area contributed by atoms with Gasteiger partial charge >= 0.3 is 0 Å². The van der Waals surface area contributed by atoms with Crippen LogP contribution in [-0.4, -0.2) is 15.6 Å². The molecule has 1 N–H and O–H groups in total. The van der Waals surface area contributed by atoms with E-state index >= 15 is 0 Å². The smallest absolute Gasteiger partial charge is 0.300 e.